The van der Waals surface area contributed by atoms with Gasteiger partial charge in [0.2, 0.25) is 0 Å². The van der Waals surface area contributed by atoms with Gasteiger partial charge in [-0.3, -0.25) is 4.79 Å². The molecule has 0 radical (unpaired) electrons. The van der Waals surface area contributed by atoms with Crippen LogP contribution in [0.5, 0.6) is 0 Å². The molecule has 2 aromatic rings. The third-order valence-electron chi connectivity index (χ3n) is 3.74. The number of piperidine rings is 1. The maximum absolute atomic E-state index is 12.3. The van der Waals surface area contributed by atoms with Crippen molar-refractivity contribution in [2.45, 2.75) is 25.8 Å². The molecule has 4 nitrogen and oxygen atoms in total. The molecule has 1 atom stereocenters. The molecule has 0 bridgehead atoms. The zero-order valence-electron chi connectivity index (χ0n) is 11.3. The predicted octanol–water partition coefficient (Wildman–Crippen LogP) is 2.99. The van der Waals surface area contributed by atoms with E-state index in [1.54, 1.807) is 0 Å². The summed E-state index contributed by atoms with van der Waals surface area (Å²) in [6.07, 6.45) is 2.11. The molecule has 1 saturated heterocycles. The third kappa shape index (κ3) is 2.60. The lowest BCUT2D eigenvalue weighted by Crippen LogP contribution is -2.45. The van der Waals surface area contributed by atoms with Gasteiger partial charge in [0.25, 0.3) is 5.91 Å². The van der Waals surface area contributed by atoms with Crippen molar-refractivity contribution in [3.05, 3.63) is 34.0 Å². The number of hydrogen-bond acceptors (Lipinski definition) is 3. The second kappa shape index (κ2) is 5.58. The average Bonchev–Trinajstić information content (AvgIpc) is 2.77. The van der Waals surface area contributed by atoms with Crippen LogP contribution in [-0.2, 0) is 0 Å². The van der Waals surface area contributed by atoms with E-state index in [2.05, 4.69) is 26.6 Å². The summed E-state index contributed by atoms with van der Waals surface area (Å²) in [7, 11) is 0. The summed E-state index contributed by atoms with van der Waals surface area (Å²) < 4.78 is 6.69. The van der Waals surface area contributed by atoms with Crippen LogP contribution in [0, 0.1) is 6.92 Å². The molecule has 0 aliphatic carbocycles. The average molecular weight is 337 g/mol. The van der Waals surface area contributed by atoms with Crippen LogP contribution in [0.25, 0.3) is 11.0 Å². The molecule has 2 N–H and O–H groups in total. The van der Waals surface area contributed by atoms with Crippen molar-refractivity contribution >= 4 is 32.8 Å². The molecular weight excluding hydrogens is 320 g/mol. The lowest BCUT2D eigenvalue weighted by atomic mass is 10.1. The quantitative estimate of drug-likeness (QED) is 0.886. The van der Waals surface area contributed by atoms with Crippen molar-refractivity contribution in [2.24, 2.45) is 0 Å². The first-order valence-electron chi connectivity index (χ1n) is 6.85. The van der Waals surface area contributed by atoms with E-state index in [0.29, 0.717) is 5.76 Å². The summed E-state index contributed by atoms with van der Waals surface area (Å²) in [6, 6.07) is 5.96. The van der Waals surface area contributed by atoms with Gasteiger partial charge in [-0.15, -0.1) is 0 Å². The predicted molar refractivity (Wildman–Crippen MR) is 82.0 cm³/mol. The van der Waals surface area contributed by atoms with E-state index in [1.165, 1.54) is 0 Å². The molecule has 0 unspecified atom stereocenters. The summed E-state index contributed by atoms with van der Waals surface area (Å²) in [5.41, 5.74) is 1.64. The van der Waals surface area contributed by atoms with E-state index in [0.717, 1.165) is 46.9 Å². The van der Waals surface area contributed by atoms with Crippen molar-refractivity contribution in [3.8, 4) is 0 Å². The Balaban J connectivity index is 1.85. The van der Waals surface area contributed by atoms with Gasteiger partial charge in [0.15, 0.2) is 5.76 Å². The van der Waals surface area contributed by atoms with Gasteiger partial charge < -0.3 is 15.1 Å². The van der Waals surface area contributed by atoms with Crippen LogP contribution in [0.3, 0.4) is 0 Å². The van der Waals surface area contributed by atoms with Crippen LogP contribution in [0.2, 0.25) is 0 Å². The van der Waals surface area contributed by atoms with Gasteiger partial charge in [0.05, 0.1) is 0 Å². The Kier molecular flexibility index (Phi) is 3.81. The van der Waals surface area contributed by atoms with Gasteiger partial charge in [0.1, 0.15) is 5.58 Å². The Labute approximate surface area is 126 Å². The monoisotopic (exact) mass is 336 g/mol. The minimum atomic E-state index is -0.122. The van der Waals surface area contributed by atoms with Gasteiger partial charge in [0, 0.05) is 28.0 Å². The summed E-state index contributed by atoms with van der Waals surface area (Å²) in [5, 5.41) is 7.31. The number of fused-ring (bicyclic) bond motifs is 1. The summed E-state index contributed by atoms with van der Waals surface area (Å²) >= 11 is 3.44. The second-order valence-corrected chi connectivity index (χ2v) is 6.13. The van der Waals surface area contributed by atoms with Crippen molar-refractivity contribution in [1.82, 2.24) is 10.6 Å². The molecule has 1 amide bonds. The Morgan fingerprint density at radius 3 is 3.10 bits per heavy atom. The van der Waals surface area contributed by atoms with E-state index < -0.39 is 0 Å². The second-order valence-electron chi connectivity index (χ2n) is 5.21. The number of nitrogens with one attached hydrogen (secondary N) is 2. The number of furan rings is 1. The molecule has 1 aliphatic heterocycles. The normalized spacial score (nSPS) is 19.2. The Hall–Kier alpha value is -1.33. The van der Waals surface area contributed by atoms with E-state index in [1.807, 2.05) is 25.1 Å². The van der Waals surface area contributed by atoms with Crippen LogP contribution in [-0.4, -0.2) is 25.0 Å². The zero-order valence-corrected chi connectivity index (χ0v) is 12.9. The number of halogens is 1. The first-order valence-corrected chi connectivity index (χ1v) is 7.64. The fourth-order valence-corrected chi connectivity index (χ4v) is 3.00. The number of carbonyl (C=O) groups excluding carboxylic acids is 1. The fraction of sp³-hybridized carbons (Fsp3) is 0.400. The molecule has 1 aromatic carbocycles. The molecule has 0 saturated carbocycles. The molecule has 0 spiro atoms. The summed E-state index contributed by atoms with van der Waals surface area (Å²) in [4.78, 5) is 12.3. The maximum atomic E-state index is 12.3. The highest BCUT2D eigenvalue weighted by Gasteiger charge is 2.21. The van der Waals surface area contributed by atoms with E-state index in [4.69, 9.17) is 4.42 Å². The highest BCUT2D eigenvalue weighted by Crippen LogP contribution is 2.28. The SMILES string of the molecule is Cc1c(C(=O)N[C@H]2CCCNC2)oc2ccc(Br)cc12. The van der Waals surface area contributed by atoms with Crippen molar-refractivity contribution < 1.29 is 9.21 Å². The van der Waals surface area contributed by atoms with Gasteiger partial charge in [-0.1, -0.05) is 15.9 Å². The van der Waals surface area contributed by atoms with Crippen molar-refractivity contribution in [3.63, 3.8) is 0 Å². The first-order chi connectivity index (χ1) is 9.65. The van der Waals surface area contributed by atoms with Crippen molar-refractivity contribution in [2.75, 3.05) is 13.1 Å². The van der Waals surface area contributed by atoms with Crippen LogP contribution in [0.4, 0.5) is 0 Å². The number of aryl methyl sites for hydroxylation is 1. The zero-order chi connectivity index (χ0) is 14.1. The highest BCUT2D eigenvalue weighted by molar-refractivity contribution is 9.10. The molecular formula is C15H17BrN2O2. The molecule has 1 fully saturated rings. The molecule has 5 heteroatoms. The van der Waals surface area contributed by atoms with Gasteiger partial charge in [-0.2, -0.15) is 0 Å². The molecule has 2 heterocycles. The molecule has 1 aromatic heterocycles. The molecule has 1 aliphatic rings. The number of benzene rings is 1. The smallest absolute Gasteiger partial charge is 0.287 e. The van der Waals surface area contributed by atoms with E-state index in [-0.39, 0.29) is 11.9 Å². The van der Waals surface area contributed by atoms with E-state index >= 15 is 0 Å². The van der Waals surface area contributed by atoms with E-state index in [9.17, 15) is 4.79 Å². The van der Waals surface area contributed by atoms with Crippen LogP contribution >= 0.6 is 15.9 Å². The summed E-state index contributed by atoms with van der Waals surface area (Å²) in [5.74, 6) is 0.298. The Morgan fingerprint density at radius 1 is 1.50 bits per heavy atom. The highest BCUT2D eigenvalue weighted by atomic mass is 79.9. The first kappa shape index (κ1) is 13.6. The van der Waals surface area contributed by atoms with Gasteiger partial charge in [-0.25, -0.2) is 0 Å². The molecule has 106 valence electrons. The molecule has 20 heavy (non-hydrogen) atoms. The third-order valence-corrected chi connectivity index (χ3v) is 4.23. The minimum absolute atomic E-state index is 0.122. The topological polar surface area (TPSA) is 54.3 Å². The van der Waals surface area contributed by atoms with Crippen LogP contribution < -0.4 is 10.6 Å². The number of amides is 1. The minimum Gasteiger partial charge on any atom is -0.451 e. The number of carbonyl (C=O) groups is 1. The molecule has 3 rings (SSSR count). The fourth-order valence-electron chi connectivity index (χ4n) is 2.64. The summed E-state index contributed by atoms with van der Waals surface area (Å²) in [6.45, 7) is 3.78. The largest absolute Gasteiger partial charge is 0.451 e. The number of rotatable bonds is 2. The maximum Gasteiger partial charge on any atom is 0.287 e. The lowest BCUT2D eigenvalue weighted by molar-refractivity contribution is 0.0904. The van der Waals surface area contributed by atoms with Gasteiger partial charge in [-0.05, 0) is 44.5 Å². The number of hydrogen-bond donors (Lipinski definition) is 2. The standard InChI is InChI=1S/C15H17BrN2O2/c1-9-12-7-10(16)4-5-13(12)20-14(9)15(19)18-11-3-2-6-17-8-11/h4-5,7,11,17H,2-3,6,8H2,1H3,(H,18,19)/t11-/m0/s1. The Bertz CT molecular complexity index is 645. The Morgan fingerprint density at radius 2 is 2.35 bits per heavy atom. The van der Waals surface area contributed by atoms with Crippen LogP contribution in [0.1, 0.15) is 29.0 Å². The lowest BCUT2D eigenvalue weighted by Gasteiger charge is -2.23. The van der Waals surface area contributed by atoms with Crippen molar-refractivity contribution in [1.29, 1.82) is 0 Å². The van der Waals surface area contributed by atoms with Crippen LogP contribution in [0.15, 0.2) is 27.1 Å². The van der Waals surface area contributed by atoms with Gasteiger partial charge >= 0.3 is 0 Å².